The van der Waals surface area contributed by atoms with Crippen molar-refractivity contribution in [1.82, 2.24) is 10.3 Å². The molecule has 1 aromatic heterocycles. The molecule has 0 spiro atoms. The highest BCUT2D eigenvalue weighted by Crippen LogP contribution is 2.26. The molecule has 22 heavy (non-hydrogen) atoms. The fourth-order valence-corrected chi connectivity index (χ4v) is 3.05. The van der Waals surface area contributed by atoms with Crippen LogP contribution in [0, 0.1) is 6.92 Å². The van der Waals surface area contributed by atoms with Crippen molar-refractivity contribution in [3.63, 3.8) is 0 Å². The van der Waals surface area contributed by atoms with E-state index in [2.05, 4.69) is 10.3 Å². The Morgan fingerprint density at radius 3 is 2.64 bits per heavy atom. The van der Waals surface area contributed by atoms with Crippen LogP contribution in [0.25, 0.3) is 10.6 Å². The number of carbonyl (C=O) groups excluding carboxylic acids is 1. The van der Waals surface area contributed by atoms with E-state index in [0.29, 0.717) is 12.2 Å². The van der Waals surface area contributed by atoms with Gasteiger partial charge in [-0.2, -0.15) is 0 Å². The molecule has 5 heteroatoms. The highest BCUT2D eigenvalue weighted by atomic mass is 32.1. The number of aryl methyl sites for hydroxylation is 1. The average Bonchev–Trinajstić information content (AvgIpc) is 3.02. The first-order valence-electron chi connectivity index (χ1n) is 7.57. The molecule has 0 radical (unpaired) electrons. The van der Waals surface area contributed by atoms with Crippen molar-refractivity contribution in [2.45, 2.75) is 39.2 Å². The highest BCUT2D eigenvalue weighted by Gasteiger charge is 2.22. The molecule has 0 bridgehead atoms. The lowest BCUT2D eigenvalue weighted by Gasteiger charge is -2.26. The van der Waals surface area contributed by atoms with Crippen LogP contribution in [-0.2, 0) is 0 Å². The summed E-state index contributed by atoms with van der Waals surface area (Å²) in [6, 6.07) is 8.04. The van der Waals surface area contributed by atoms with Gasteiger partial charge in [-0.15, -0.1) is 11.3 Å². The largest absolute Gasteiger partial charge is 0.349 e. The summed E-state index contributed by atoms with van der Waals surface area (Å²) >= 11 is 1.49. The second-order valence-corrected chi connectivity index (χ2v) is 6.46. The maximum absolute atomic E-state index is 12.2. The van der Waals surface area contributed by atoms with E-state index in [1.807, 2.05) is 45.0 Å². The number of aromatic nitrogens is 1. The highest BCUT2D eigenvalue weighted by molar-refractivity contribution is 7.13. The van der Waals surface area contributed by atoms with Gasteiger partial charge in [0.2, 0.25) is 0 Å². The average molecular weight is 317 g/mol. The number of nitrogens with one attached hydrogen (secondary N) is 1. The number of thiazole rings is 1. The van der Waals surface area contributed by atoms with Gasteiger partial charge in [-0.05, 0) is 25.3 Å². The molecule has 3 N–H and O–H groups in total. The summed E-state index contributed by atoms with van der Waals surface area (Å²) in [6.45, 7) is 6.58. The predicted octanol–water partition coefficient (Wildman–Crippen LogP) is 3.37. The van der Waals surface area contributed by atoms with Crippen molar-refractivity contribution >= 4 is 17.2 Å². The number of nitrogens with two attached hydrogens (primary N) is 1. The lowest BCUT2D eigenvalue weighted by Crippen LogP contribution is -2.49. The van der Waals surface area contributed by atoms with Crippen LogP contribution in [-0.4, -0.2) is 23.0 Å². The molecule has 0 saturated carbocycles. The standard InChI is InChI=1S/C17H23N3OS/c1-4-17(18,5-2)11-19-15(21)14-10-22-16(20-14)13-9-7-6-8-12(13)3/h6-10H,4-5,11,18H2,1-3H3,(H,19,21). The lowest BCUT2D eigenvalue weighted by molar-refractivity contribution is 0.0938. The molecule has 1 amide bonds. The monoisotopic (exact) mass is 317 g/mol. The second-order valence-electron chi connectivity index (χ2n) is 5.60. The number of amides is 1. The zero-order valence-corrected chi connectivity index (χ0v) is 14.2. The van der Waals surface area contributed by atoms with E-state index >= 15 is 0 Å². The van der Waals surface area contributed by atoms with Crippen molar-refractivity contribution in [2.24, 2.45) is 5.73 Å². The van der Waals surface area contributed by atoms with Crippen LogP contribution in [0.4, 0.5) is 0 Å². The first-order chi connectivity index (χ1) is 10.5. The van der Waals surface area contributed by atoms with Gasteiger partial charge in [0.05, 0.1) is 0 Å². The molecule has 0 fully saturated rings. The molecule has 2 aromatic rings. The van der Waals surface area contributed by atoms with Crippen molar-refractivity contribution in [3.05, 3.63) is 40.9 Å². The molecular weight excluding hydrogens is 294 g/mol. The van der Waals surface area contributed by atoms with Crippen molar-refractivity contribution in [1.29, 1.82) is 0 Å². The van der Waals surface area contributed by atoms with Crippen molar-refractivity contribution < 1.29 is 4.79 Å². The van der Waals surface area contributed by atoms with Gasteiger partial charge < -0.3 is 11.1 Å². The first kappa shape index (κ1) is 16.6. The fraction of sp³-hybridized carbons (Fsp3) is 0.412. The molecular formula is C17H23N3OS. The van der Waals surface area contributed by atoms with E-state index in [1.54, 1.807) is 5.38 Å². The van der Waals surface area contributed by atoms with Gasteiger partial charge in [-0.3, -0.25) is 4.79 Å². The summed E-state index contributed by atoms with van der Waals surface area (Å²) in [7, 11) is 0. The molecule has 1 heterocycles. The number of hydrogen-bond acceptors (Lipinski definition) is 4. The van der Waals surface area contributed by atoms with E-state index < -0.39 is 0 Å². The van der Waals surface area contributed by atoms with Crippen LogP contribution >= 0.6 is 11.3 Å². The number of rotatable bonds is 6. The Hall–Kier alpha value is -1.72. The molecule has 2 rings (SSSR count). The van der Waals surface area contributed by atoms with Crippen LogP contribution < -0.4 is 11.1 Å². The molecule has 1 aromatic carbocycles. The fourth-order valence-electron chi connectivity index (χ4n) is 2.16. The Morgan fingerprint density at radius 2 is 2.00 bits per heavy atom. The van der Waals surface area contributed by atoms with Crippen molar-refractivity contribution in [3.8, 4) is 10.6 Å². The molecule has 118 valence electrons. The summed E-state index contributed by atoms with van der Waals surface area (Å²) in [4.78, 5) is 16.7. The lowest BCUT2D eigenvalue weighted by atomic mass is 9.94. The zero-order chi connectivity index (χ0) is 16.2. The molecule has 0 atom stereocenters. The molecule has 0 unspecified atom stereocenters. The summed E-state index contributed by atoms with van der Waals surface area (Å²) in [5, 5.41) is 5.57. The maximum Gasteiger partial charge on any atom is 0.270 e. The van der Waals surface area contributed by atoms with E-state index in [0.717, 1.165) is 29.0 Å². The van der Waals surface area contributed by atoms with E-state index in [4.69, 9.17) is 5.73 Å². The van der Waals surface area contributed by atoms with Gasteiger partial charge >= 0.3 is 0 Å². The van der Waals surface area contributed by atoms with Gasteiger partial charge in [0.1, 0.15) is 10.7 Å². The number of benzene rings is 1. The Morgan fingerprint density at radius 1 is 1.32 bits per heavy atom. The van der Waals surface area contributed by atoms with E-state index in [-0.39, 0.29) is 11.4 Å². The molecule has 0 saturated heterocycles. The third-order valence-corrected chi connectivity index (χ3v) is 5.00. The summed E-state index contributed by atoms with van der Waals surface area (Å²) in [5.74, 6) is -0.159. The minimum absolute atomic E-state index is 0.159. The molecule has 0 aliphatic rings. The van der Waals surface area contributed by atoms with Crippen LogP contribution in [0.5, 0.6) is 0 Å². The maximum atomic E-state index is 12.2. The van der Waals surface area contributed by atoms with Crippen LogP contribution in [0.1, 0.15) is 42.7 Å². The van der Waals surface area contributed by atoms with Gasteiger partial charge in [-0.25, -0.2) is 4.98 Å². The van der Waals surface area contributed by atoms with Gasteiger partial charge in [0, 0.05) is 23.0 Å². The van der Waals surface area contributed by atoms with Gasteiger partial charge in [0.15, 0.2) is 0 Å². The van der Waals surface area contributed by atoms with Gasteiger partial charge in [-0.1, -0.05) is 38.1 Å². The molecule has 0 aliphatic carbocycles. The molecule has 4 nitrogen and oxygen atoms in total. The van der Waals surface area contributed by atoms with Crippen molar-refractivity contribution in [2.75, 3.05) is 6.54 Å². The number of hydrogen-bond donors (Lipinski definition) is 2. The second kappa shape index (κ2) is 7.03. The Labute approximate surface area is 135 Å². The van der Waals surface area contributed by atoms with Crippen LogP contribution in [0.15, 0.2) is 29.6 Å². The predicted molar refractivity (Wildman–Crippen MR) is 92.1 cm³/mol. The summed E-state index contributed by atoms with van der Waals surface area (Å²) < 4.78 is 0. The quantitative estimate of drug-likeness (QED) is 0.858. The Kier molecular flexibility index (Phi) is 5.32. The third-order valence-electron chi connectivity index (χ3n) is 4.12. The Balaban J connectivity index is 2.08. The first-order valence-corrected chi connectivity index (χ1v) is 8.45. The van der Waals surface area contributed by atoms with Crippen LogP contribution in [0.3, 0.4) is 0 Å². The normalized spacial score (nSPS) is 11.5. The number of carbonyl (C=O) groups is 1. The Bertz CT molecular complexity index is 647. The van der Waals surface area contributed by atoms with Crippen LogP contribution in [0.2, 0.25) is 0 Å². The number of nitrogens with zero attached hydrogens (tertiary/aromatic N) is 1. The third kappa shape index (κ3) is 3.72. The van der Waals surface area contributed by atoms with E-state index in [9.17, 15) is 4.79 Å². The zero-order valence-electron chi connectivity index (χ0n) is 13.3. The molecule has 0 aliphatic heterocycles. The smallest absolute Gasteiger partial charge is 0.270 e. The van der Waals surface area contributed by atoms with Gasteiger partial charge in [0.25, 0.3) is 5.91 Å². The summed E-state index contributed by atoms with van der Waals surface area (Å²) in [5.41, 5.74) is 8.55. The SMILES string of the molecule is CCC(N)(CC)CNC(=O)c1csc(-c2ccccc2C)n1. The summed E-state index contributed by atoms with van der Waals surface area (Å²) in [6.07, 6.45) is 1.66. The minimum Gasteiger partial charge on any atom is -0.349 e. The minimum atomic E-state index is -0.343. The topological polar surface area (TPSA) is 68.0 Å². The van der Waals surface area contributed by atoms with E-state index in [1.165, 1.54) is 11.3 Å².